The Labute approximate surface area is 446 Å². The summed E-state index contributed by atoms with van der Waals surface area (Å²) in [6.45, 7) is 4.92. The van der Waals surface area contributed by atoms with Crippen LogP contribution in [0.1, 0.15) is 316 Å². The summed E-state index contributed by atoms with van der Waals surface area (Å²) in [5, 5.41) is 9.70. The maximum atomic E-state index is 12.8. The van der Waals surface area contributed by atoms with Crippen LogP contribution in [0.2, 0.25) is 0 Å². The summed E-state index contributed by atoms with van der Waals surface area (Å²) in [5.41, 5.74) is 0. The Morgan fingerprint density at radius 2 is 0.708 bits per heavy atom. The van der Waals surface area contributed by atoms with Gasteiger partial charge in [0.15, 0.2) is 6.10 Å². The molecule has 0 fully saturated rings. The Morgan fingerprint density at radius 3 is 1.03 bits per heavy atom. The Morgan fingerprint density at radius 1 is 0.403 bits per heavy atom. The van der Waals surface area contributed by atoms with Gasteiger partial charge in [-0.3, -0.25) is 9.59 Å². The highest BCUT2D eigenvalue weighted by Crippen LogP contribution is 2.18. The lowest BCUT2D eigenvalue weighted by Gasteiger charge is -2.25. The lowest BCUT2D eigenvalue weighted by Crippen LogP contribution is -2.40. The van der Waals surface area contributed by atoms with E-state index in [1.54, 1.807) is 0 Å². The maximum Gasteiger partial charge on any atom is 0.361 e. The van der Waals surface area contributed by atoms with Crippen LogP contribution in [0.4, 0.5) is 0 Å². The number of aliphatic carboxylic acids is 1. The van der Waals surface area contributed by atoms with Gasteiger partial charge in [-0.25, -0.2) is 4.79 Å². The molecule has 0 rings (SSSR count). The van der Waals surface area contributed by atoms with Crippen molar-refractivity contribution in [1.82, 2.24) is 0 Å². The quantitative estimate of drug-likeness (QED) is 0.0211. The molecule has 0 heterocycles. The number of quaternary nitrogens is 1. The van der Waals surface area contributed by atoms with Crippen molar-refractivity contribution in [2.75, 3.05) is 47.5 Å². The van der Waals surface area contributed by atoms with Gasteiger partial charge in [0.2, 0.25) is 0 Å². The van der Waals surface area contributed by atoms with Crippen molar-refractivity contribution in [3.8, 4) is 0 Å². The van der Waals surface area contributed by atoms with E-state index < -0.39 is 24.3 Å². The molecule has 0 saturated heterocycles. The highest BCUT2D eigenvalue weighted by Gasteiger charge is 2.25. The minimum absolute atomic E-state index is 0.179. The second kappa shape index (κ2) is 55.3. The van der Waals surface area contributed by atoms with Crippen molar-refractivity contribution < 1.29 is 42.9 Å². The third-order valence-corrected chi connectivity index (χ3v) is 14.3. The van der Waals surface area contributed by atoms with Gasteiger partial charge in [-0.15, -0.1) is 0 Å². The number of nitrogens with zero attached hydrogens (tertiary/aromatic N) is 1. The summed E-state index contributed by atoms with van der Waals surface area (Å²) >= 11 is 0. The van der Waals surface area contributed by atoms with E-state index in [9.17, 15) is 19.5 Å². The summed E-state index contributed by atoms with van der Waals surface area (Å²) in [7, 11) is 5.98. The van der Waals surface area contributed by atoms with Gasteiger partial charge in [-0.05, 0) is 38.5 Å². The van der Waals surface area contributed by atoms with Gasteiger partial charge in [-0.2, -0.15) is 0 Å². The fourth-order valence-corrected chi connectivity index (χ4v) is 9.42. The molecule has 0 aromatic rings. The van der Waals surface area contributed by atoms with Crippen LogP contribution in [0.15, 0.2) is 12.2 Å². The molecule has 2 unspecified atom stereocenters. The molecule has 0 spiro atoms. The van der Waals surface area contributed by atoms with Crippen molar-refractivity contribution >= 4 is 17.9 Å². The average Bonchev–Trinajstić information content (AvgIpc) is 3.35. The minimum atomic E-state index is -1.51. The highest BCUT2D eigenvalue weighted by atomic mass is 16.7. The van der Waals surface area contributed by atoms with Gasteiger partial charge in [0.1, 0.15) is 13.2 Å². The fourth-order valence-electron chi connectivity index (χ4n) is 9.42. The fraction of sp³-hybridized carbons (Fsp3) is 0.921. The summed E-state index contributed by atoms with van der Waals surface area (Å²) in [4.78, 5) is 37.4. The van der Waals surface area contributed by atoms with Crippen LogP contribution < -0.4 is 0 Å². The smallest absolute Gasteiger partial charge is 0.361 e. The molecule has 1 N–H and O–H groups in total. The summed E-state index contributed by atoms with van der Waals surface area (Å²) < 4.78 is 22.9. The number of allylic oxidation sites excluding steroid dienone is 2. The van der Waals surface area contributed by atoms with Gasteiger partial charge in [0.25, 0.3) is 6.29 Å². The molecule has 0 amide bonds. The molecule has 0 aromatic heterocycles. The number of hydrogen-bond acceptors (Lipinski definition) is 7. The molecule has 0 aromatic carbocycles. The largest absolute Gasteiger partial charge is 0.477 e. The number of carbonyl (C=O) groups is 3. The summed E-state index contributed by atoms with van der Waals surface area (Å²) in [6, 6.07) is 0. The number of hydrogen-bond donors (Lipinski definition) is 1. The van der Waals surface area contributed by atoms with Crippen LogP contribution >= 0.6 is 0 Å². The average molecular weight is 1020 g/mol. The van der Waals surface area contributed by atoms with E-state index in [1.165, 1.54) is 231 Å². The lowest BCUT2D eigenvalue weighted by atomic mass is 10.0. The zero-order valence-corrected chi connectivity index (χ0v) is 48.6. The molecule has 426 valence electrons. The van der Waals surface area contributed by atoms with Gasteiger partial charge < -0.3 is 28.5 Å². The molecule has 9 nitrogen and oxygen atoms in total. The first kappa shape index (κ1) is 70.0. The molecule has 0 aliphatic rings. The SMILES string of the molecule is CCCCCCCCC/C=C\CCCCCCCC(=O)OC(COC(=O)CCCCCCCCCCCCCCCCCCCCCCCCCCCCCCCCC)COC(OCC[N+](C)(C)C)C(=O)O. The summed E-state index contributed by atoms with van der Waals surface area (Å²) in [5.74, 6) is -1.99. The van der Waals surface area contributed by atoms with E-state index in [1.807, 2.05) is 21.1 Å². The number of rotatable bonds is 59. The second-order valence-electron chi connectivity index (χ2n) is 22.7. The van der Waals surface area contributed by atoms with Crippen LogP contribution in [0, 0.1) is 0 Å². The lowest BCUT2D eigenvalue weighted by molar-refractivity contribution is -0.870. The molecule has 0 saturated carbocycles. The number of esters is 2. The zero-order chi connectivity index (χ0) is 52.7. The Balaban J connectivity index is 4.04. The topological polar surface area (TPSA) is 108 Å². The van der Waals surface area contributed by atoms with Gasteiger partial charge in [0, 0.05) is 12.8 Å². The molecular weight excluding hydrogens is 899 g/mol. The van der Waals surface area contributed by atoms with Gasteiger partial charge in [0.05, 0.1) is 34.4 Å². The number of carboxylic acids is 1. The Kier molecular flexibility index (Phi) is 53.8. The number of carbonyl (C=O) groups excluding carboxylic acids is 2. The van der Waals surface area contributed by atoms with E-state index in [4.69, 9.17) is 18.9 Å². The van der Waals surface area contributed by atoms with Crippen molar-refractivity contribution in [3.63, 3.8) is 0 Å². The Bertz CT molecular complexity index is 1190. The van der Waals surface area contributed by atoms with Crippen LogP contribution in [0.5, 0.6) is 0 Å². The first-order valence-electron chi connectivity index (χ1n) is 31.4. The first-order chi connectivity index (χ1) is 35.1. The molecule has 0 aliphatic carbocycles. The monoisotopic (exact) mass is 1020 g/mol. The predicted octanol–water partition coefficient (Wildman–Crippen LogP) is 18.5. The normalized spacial score (nSPS) is 12.7. The molecule has 0 bridgehead atoms. The van der Waals surface area contributed by atoms with E-state index in [2.05, 4.69) is 26.0 Å². The van der Waals surface area contributed by atoms with Crippen LogP contribution in [0.25, 0.3) is 0 Å². The molecular formula is C63H122NO8+. The van der Waals surface area contributed by atoms with E-state index in [-0.39, 0.29) is 32.2 Å². The Hall–Kier alpha value is -1.97. The molecule has 2 atom stereocenters. The van der Waals surface area contributed by atoms with Crippen LogP contribution in [0.3, 0.4) is 0 Å². The minimum Gasteiger partial charge on any atom is -0.477 e. The summed E-state index contributed by atoms with van der Waals surface area (Å²) in [6.07, 6.45) is 61.7. The van der Waals surface area contributed by atoms with Crippen molar-refractivity contribution in [3.05, 3.63) is 12.2 Å². The zero-order valence-electron chi connectivity index (χ0n) is 48.6. The van der Waals surface area contributed by atoms with Crippen LogP contribution in [-0.2, 0) is 33.3 Å². The van der Waals surface area contributed by atoms with Crippen molar-refractivity contribution in [1.29, 1.82) is 0 Å². The molecule has 0 radical (unpaired) electrons. The standard InChI is InChI=1S/C63H121NO8/c1-6-8-10-12-14-16-18-20-22-24-25-26-27-28-29-30-31-32-33-34-35-36-37-38-40-41-43-45-47-49-51-53-60(65)70-57-59(58-71-63(62(67)68)69-56-55-64(3,4)5)72-61(66)54-52-50-48-46-44-42-39-23-21-19-17-15-13-11-9-7-2/h23,39,59,63H,6-22,24-38,40-58H2,1-5H3/p+1/b39-23-. The second-order valence-corrected chi connectivity index (χ2v) is 22.7. The molecule has 72 heavy (non-hydrogen) atoms. The third kappa shape index (κ3) is 55.8. The van der Waals surface area contributed by atoms with E-state index >= 15 is 0 Å². The number of ether oxygens (including phenoxy) is 4. The number of likely N-dealkylation sites (N-methyl/N-ethyl adjacent to an activating group) is 1. The van der Waals surface area contributed by atoms with Crippen molar-refractivity contribution in [2.24, 2.45) is 0 Å². The number of unbranched alkanes of at least 4 members (excludes halogenated alkanes) is 42. The highest BCUT2D eigenvalue weighted by molar-refractivity contribution is 5.71. The van der Waals surface area contributed by atoms with E-state index in [0.717, 1.165) is 51.4 Å². The van der Waals surface area contributed by atoms with Crippen molar-refractivity contribution in [2.45, 2.75) is 328 Å². The number of carboxylic acid groups (broad SMARTS) is 1. The van der Waals surface area contributed by atoms with Gasteiger partial charge in [-0.1, -0.05) is 276 Å². The van der Waals surface area contributed by atoms with Gasteiger partial charge >= 0.3 is 17.9 Å². The van der Waals surface area contributed by atoms with E-state index in [0.29, 0.717) is 23.9 Å². The first-order valence-corrected chi connectivity index (χ1v) is 31.4. The molecule has 9 heteroatoms. The van der Waals surface area contributed by atoms with Crippen LogP contribution in [-0.4, -0.2) is 87.4 Å². The maximum absolute atomic E-state index is 12.8. The molecule has 0 aliphatic heterocycles. The predicted molar refractivity (Wildman–Crippen MR) is 305 cm³/mol. The third-order valence-electron chi connectivity index (χ3n) is 14.3.